The van der Waals surface area contributed by atoms with Crippen LogP contribution < -0.4 is 0 Å². The minimum absolute atomic E-state index is 0.0801. The van der Waals surface area contributed by atoms with Crippen molar-refractivity contribution in [2.45, 2.75) is 12.7 Å². The summed E-state index contributed by atoms with van der Waals surface area (Å²) in [5.74, 6) is 0.365. The van der Waals surface area contributed by atoms with E-state index in [1.54, 1.807) is 24.3 Å². The van der Waals surface area contributed by atoms with Crippen molar-refractivity contribution < 1.29 is 19.1 Å². The van der Waals surface area contributed by atoms with Crippen molar-refractivity contribution in [3.63, 3.8) is 0 Å². The predicted octanol–water partition coefficient (Wildman–Crippen LogP) is 3.25. The van der Waals surface area contributed by atoms with Crippen LogP contribution in [-0.2, 0) is 20.6 Å². The maximum atomic E-state index is 9.97. The van der Waals surface area contributed by atoms with E-state index >= 15 is 0 Å². The lowest BCUT2D eigenvalue weighted by Crippen LogP contribution is -2.43. The van der Waals surface area contributed by atoms with Gasteiger partial charge in [0.05, 0.1) is 12.7 Å². The van der Waals surface area contributed by atoms with Crippen LogP contribution in [-0.4, -0.2) is 25.1 Å². The zero-order valence-electron chi connectivity index (χ0n) is 12.9. The first-order chi connectivity index (χ1) is 11.2. The Bertz CT molecular complexity index is 665. The van der Waals surface area contributed by atoms with E-state index in [4.69, 9.17) is 14.0 Å². The van der Waals surface area contributed by atoms with Gasteiger partial charge in [0.1, 0.15) is 5.75 Å². The van der Waals surface area contributed by atoms with Gasteiger partial charge < -0.3 is 19.1 Å². The molecular formula is C18H19BO4. The molecule has 1 aliphatic carbocycles. The molecule has 2 unspecified atom stereocenters. The number of hydrogen-bond donors (Lipinski definition) is 1. The molecule has 3 rings (SSSR count). The molecule has 118 valence electrons. The van der Waals surface area contributed by atoms with Gasteiger partial charge in [0.25, 0.3) is 0 Å². The molecule has 0 bridgehead atoms. The van der Waals surface area contributed by atoms with Gasteiger partial charge in [-0.2, -0.15) is 0 Å². The van der Waals surface area contributed by atoms with E-state index in [0.717, 1.165) is 11.1 Å². The first-order valence-corrected chi connectivity index (χ1v) is 7.55. The number of phenolic OH excluding ortho intramolecular Hbond substituents is 1. The van der Waals surface area contributed by atoms with Gasteiger partial charge in [-0.1, -0.05) is 49.6 Å². The van der Waals surface area contributed by atoms with E-state index in [0.29, 0.717) is 12.2 Å². The van der Waals surface area contributed by atoms with E-state index in [1.807, 2.05) is 18.2 Å². The van der Waals surface area contributed by atoms with Crippen LogP contribution in [0.15, 0.2) is 61.2 Å². The molecule has 1 heterocycles. The average Bonchev–Trinajstić information content (AvgIpc) is 2.59. The van der Waals surface area contributed by atoms with Crippen LogP contribution in [0, 0.1) is 5.92 Å². The lowest BCUT2D eigenvalue weighted by Gasteiger charge is -2.33. The molecular weight excluding hydrogens is 291 g/mol. The highest BCUT2D eigenvalue weighted by atomic mass is 16.7. The number of aromatic hydroxyl groups is 1. The summed E-state index contributed by atoms with van der Waals surface area (Å²) in [6, 6.07) is 5.32. The van der Waals surface area contributed by atoms with Crippen LogP contribution in [0.3, 0.4) is 0 Å². The smallest absolute Gasteiger partial charge is 0.508 e. The molecule has 1 aliphatic heterocycles. The minimum Gasteiger partial charge on any atom is -0.508 e. The normalized spacial score (nSPS) is 23.1. The Morgan fingerprint density at radius 1 is 1.35 bits per heavy atom. The molecule has 2 aliphatic rings. The van der Waals surface area contributed by atoms with Crippen molar-refractivity contribution in [1.82, 2.24) is 0 Å². The van der Waals surface area contributed by atoms with Crippen molar-refractivity contribution in [3.05, 3.63) is 72.4 Å². The van der Waals surface area contributed by atoms with Crippen molar-refractivity contribution in [3.8, 4) is 5.75 Å². The maximum absolute atomic E-state index is 9.97. The van der Waals surface area contributed by atoms with Crippen LogP contribution >= 0.6 is 0 Å². The molecule has 0 saturated carbocycles. The number of rotatable bonds is 5. The Morgan fingerprint density at radius 3 is 2.96 bits per heavy atom. The zero-order valence-corrected chi connectivity index (χ0v) is 12.9. The van der Waals surface area contributed by atoms with Crippen molar-refractivity contribution in [1.29, 1.82) is 0 Å². The molecule has 1 aromatic rings. The number of hydrogen-bond acceptors (Lipinski definition) is 4. The highest BCUT2D eigenvalue weighted by molar-refractivity contribution is 6.36. The van der Waals surface area contributed by atoms with Gasteiger partial charge in [-0.15, -0.1) is 0 Å². The molecule has 1 aromatic carbocycles. The third kappa shape index (κ3) is 3.64. The Hall–Kier alpha value is -2.08. The summed E-state index contributed by atoms with van der Waals surface area (Å²) in [6.45, 7) is 8.18. The van der Waals surface area contributed by atoms with E-state index in [1.165, 1.54) is 0 Å². The van der Waals surface area contributed by atoms with Crippen LogP contribution in [0.1, 0.15) is 11.1 Å². The first kappa shape index (κ1) is 15.8. The molecule has 1 fully saturated rings. The lowest BCUT2D eigenvalue weighted by atomic mass is 9.91. The van der Waals surface area contributed by atoms with Crippen LogP contribution in [0.2, 0.25) is 0 Å². The summed E-state index contributed by atoms with van der Waals surface area (Å²) in [7, 11) is -0.747. The number of allylic oxidation sites excluding steroid dienone is 3. The second-order valence-corrected chi connectivity index (χ2v) is 5.52. The van der Waals surface area contributed by atoms with Crippen molar-refractivity contribution in [2.24, 2.45) is 5.92 Å². The van der Waals surface area contributed by atoms with E-state index in [9.17, 15) is 5.11 Å². The summed E-state index contributed by atoms with van der Waals surface area (Å²) in [6.07, 6.45) is 9.49. The Labute approximate surface area is 136 Å². The summed E-state index contributed by atoms with van der Waals surface area (Å²) in [4.78, 5) is 0. The van der Waals surface area contributed by atoms with Gasteiger partial charge in [0.15, 0.2) is 0 Å². The van der Waals surface area contributed by atoms with Crippen LogP contribution in [0.5, 0.6) is 5.75 Å². The van der Waals surface area contributed by atoms with Crippen molar-refractivity contribution >= 4 is 13.4 Å². The molecule has 0 spiro atoms. The fourth-order valence-corrected chi connectivity index (χ4v) is 2.57. The highest BCUT2D eigenvalue weighted by Crippen LogP contribution is 2.27. The molecule has 0 aromatic heterocycles. The van der Waals surface area contributed by atoms with Gasteiger partial charge in [-0.25, -0.2) is 0 Å². The van der Waals surface area contributed by atoms with E-state index in [-0.39, 0.29) is 24.4 Å². The fraction of sp³-hybridized carbons (Fsp3) is 0.222. The number of benzene rings is 1. The van der Waals surface area contributed by atoms with Gasteiger partial charge >= 0.3 is 7.32 Å². The summed E-state index contributed by atoms with van der Waals surface area (Å²) < 4.78 is 17.0. The molecule has 23 heavy (non-hydrogen) atoms. The molecule has 1 saturated heterocycles. The number of fused-ring (bicyclic) bond motifs is 1. The molecule has 4 nitrogen and oxygen atoms in total. The zero-order chi connectivity index (χ0) is 16.2. The second kappa shape index (κ2) is 7.00. The van der Waals surface area contributed by atoms with Crippen LogP contribution in [0.4, 0.5) is 0 Å². The standard InChI is InChI=1S/C18H19BO4/c1-3-13-5-7-15(17(20)9-13)11-21-19-22-12-16-8-6-14(4-2)10-18(16)23-19/h3-10,16,18,20H,1-2,11-12H2. The molecule has 0 amide bonds. The third-order valence-corrected chi connectivity index (χ3v) is 3.96. The number of phenols is 1. The van der Waals surface area contributed by atoms with Gasteiger partial charge in [0.2, 0.25) is 0 Å². The summed E-state index contributed by atoms with van der Waals surface area (Å²) >= 11 is 0. The average molecular weight is 310 g/mol. The molecule has 2 atom stereocenters. The minimum atomic E-state index is -0.747. The molecule has 1 N–H and O–H groups in total. The van der Waals surface area contributed by atoms with E-state index in [2.05, 4.69) is 19.2 Å². The fourth-order valence-electron chi connectivity index (χ4n) is 2.57. The molecule has 5 heteroatoms. The predicted molar refractivity (Wildman–Crippen MR) is 90.5 cm³/mol. The topological polar surface area (TPSA) is 47.9 Å². The monoisotopic (exact) mass is 310 g/mol. The quantitative estimate of drug-likeness (QED) is 0.848. The Morgan fingerprint density at radius 2 is 2.22 bits per heavy atom. The SMILES string of the molecule is C=CC1=CC2OB(OCc3ccc(C=C)cc3O)OCC2C=C1. The van der Waals surface area contributed by atoms with Crippen molar-refractivity contribution in [2.75, 3.05) is 6.61 Å². The molecule has 0 radical (unpaired) electrons. The largest absolute Gasteiger partial charge is 0.640 e. The Kier molecular flexibility index (Phi) is 4.81. The second-order valence-electron chi connectivity index (χ2n) is 5.52. The van der Waals surface area contributed by atoms with Gasteiger partial charge in [-0.05, 0) is 23.3 Å². The Balaban J connectivity index is 1.59. The lowest BCUT2D eigenvalue weighted by molar-refractivity contribution is -0.00295. The third-order valence-electron chi connectivity index (χ3n) is 3.96. The highest BCUT2D eigenvalue weighted by Gasteiger charge is 2.36. The maximum Gasteiger partial charge on any atom is 0.640 e. The first-order valence-electron chi connectivity index (χ1n) is 7.55. The van der Waals surface area contributed by atoms with E-state index < -0.39 is 7.32 Å². The summed E-state index contributed by atoms with van der Waals surface area (Å²) in [5, 5.41) is 9.97. The van der Waals surface area contributed by atoms with Gasteiger partial charge in [-0.3, -0.25) is 0 Å². The van der Waals surface area contributed by atoms with Crippen LogP contribution in [0.25, 0.3) is 6.08 Å². The van der Waals surface area contributed by atoms with Gasteiger partial charge in [0, 0.05) is 18.1 Å². The summed E-state index contributed by atoms with van der Waals surface area (Å²) in [5.41, 5.74) is 2.57.